The number of carbonyl (C=O) groups excluding carboxylic acids is 2. The van der Waals surface area contributed by atoms with Gasteiger partial charge in [0.25, 0.3) is 0 Å². The maximum atomic E-state index is 11.9. The van der Waals surface area contributed by atoms with Crippen molar-refractivity contribution in [3.8, 4) is 0 Å². The number of carbonyl (C=O) groups is 2. The molecule has 0 bridgehead atoms. The van der Waals surface area contributed by atoms with Crippen LogP contribution in [0.4, 0.5) is 5.69 Å². The number of halogens is 1. The Morgan fingerprint density at radius 2 is 2.15 bits per heavy atom. The van der Waals surface area contributed by atoms with Crippen molar-refractivity contribution < 1.29 is 9.59 Å². The van der Waals surface area contributed by atoms with E-state index in [9.17, 15) is 9.59 Å². The van der Waals surface area contributed by atoms with Crippen LogP contribution in [0.1, 0.15) is 13.3 Å². The van der Waals surface area contributed by atoms with Crippen LogP contribution in [0.5, 0.6) is 0 Å². The van der Waals surface area contributed by atoms with E-state index in [1.54, 1.807) is 12.1 Å². The van der Waals surface area contributed by atoms with Gasteiger partial charge in [-0.3, -0.25) is 14.6 Å². The van der Waals surface area contributed by atoms with E-state index in [1.807, 2.05) is 19.1 Å². The van der Waals surface area contributed by atoms with Gasteiger partial charge < -0.3 is 10.6 Å². The first-order chi connectivity index (χ1) is 9.58. The third-order valence-electron chi connectivity index (χ3n) is 2.58. The van der Waals surface area contributed by atoms with Crippen molar-refractivity contribution >= 4 is 50.4 Å². The summed E-state index contributed by atoms with van der Waals surface area (Å²) >= 11 is 4.64. The molecule has 20 heavy (non-hydrogen) atoms. The molecule has 1 unspecified atom stereocenters. The van der Waals surface area contributed by atoms with Crippen molar-refractivity contribution in [1.29, 1.82) is 0 Å². The normalized spacial score (nSPS) is 20.0. The van der Waals surface area contributed by atoms with Gasteiger partial charge in [-0.15, -0.1) is 0 Å². The zero-order chi connectivity index (χ0) is 14.5. The number of hydrogen-bond donors (Lipinski definition) is 2. The molecule has 0 aromatic heterocycles. The summed E-state index contributed by atoms with van der Waals surface area (Å²) in [6.45, 7) is 2.51. The maximum absolute atomic E-state index is 11.9. The molecule has 0 radical (unpaired) electrons. The number of aliphatic imine (C=N–C) groups is 1. The average Bonchev–Trinajstić information content (AvgIpc) is 2.73. The molecule has 0 aliphatic carbocycles. The van der Waals surface area contributed by atoms with Gasteiger partial charge in [0, 0.05) is 23.1 Å². The first-order valence-corrected chi connectivity index (χ1v) is 7.83. The molecule has 0 spiro atoms. The largest absolute Gasteiger partial charge is 0.326 e. The van der Waals surface area contributed by atoms with Crippen LogP contribution < -0.4 is 10.6 Å². The lowest BCUT2D eigenvalue weighted by Gasteiger charge is -2.07. The lowest BCUT2D eigenvalue weighted by Crippen LogP contribution is -2.28. The summed E-state index contributed by atoms with van der Waals surface area (Å²) in [6, 6.07) is 7.29. The molecular weight excluding hydrogens is 342 g/mol. The fraction of sp³-hybridized carbons (Fsp3) is 0.308. The minimum atomic E-state index is -0.407. The van der Waals surface area contributed by atoms with Crippen LogP contribution in [-0.4, -0.2) is 28.8 Å². The Balaban J connectivity index is 1.90. The third-order valence-corrected chi connectivity index (χ3v) is 4.23. The molecule has 1 aromatic rings. The van der Waals surface area contributed by atoms with Gasteiger partial charge in [-0.1, -0.05) is 27.7 Å². The number of rotatable bonds is 4. The number of nitrogens with zero attached hydrogens (tertiary/aromatic N) is 1. The van der Waals surface area contributed by atoms with Crippen molar-refractivity contribution in [2.24, 2.45) is 4.99 Å². The van der Waals surface area contributed by atoms with Crippen molar-refractivity contribution in [2.75, 3.05) is 11.9 Å². The fourth-order valence-electron chi connectivity index (χ4n) is 1.67. The molecule has 2 N–H and O–H groups in total. The standard InChI is InChI=1S/C13H14BrN3O2S/c1-2-15-13-17-12(19)10(20-13)7-11(18)16-9-5-3-8(14)4-6-9/h3-6,10H,2,7H2,1H3,(H,16,18)(H,15,17,19). The second-order valence-corrected chi connectivity index (χ2v) is 6.24. The summed E-state index contributed by atoms with van der Waals surface area (Å²) in [7, 11) is 0. The van der Waals surface area contributed by atoms with Crippen molar-refractivity contribution in [2.45, 2.75) is 18.6 Å². The minimum Gasteiger partial charge on any atom is -0.326 e. The van der Waals surface area contributed by atoms with E-state index >= 15 is 0 Å². The highest BCUT2D eigenvalue weighted by Gasteiger charge is 2.31. The molecule has 1 heterocycles. The van der Waals surface area contributed by atoms with Crippen LogP contribution in [0.15, 0.2) is 33.7 Å². The summed E-state index contributed by atoms with van der Waals surface area (Å²) in [5.41, 5.74) is 0.712. The second kappa shape index (κ2) is 6.90. The highest BCUT2D eigenvalue weighted by Crippen LogP contribution is 2.23. The van der Waals surface area contributed by atoms with E-state index in [-0.39, 0.29) is 18.2 Å². The first kappa shape index (κ1) is 15.1. The molecule has 7 heteroatoms. The van der Waals surface area contributed by atoms with E-state index in [0.29, 0.717) is 17.4 Å². The van der Waals surface area contributed by atoms with Crippen molar-refractivity contribution in [3.63, 3.8) is 0 Å². The quantitative estimate of drug-likeness (QED) is 0.870. The Kier molecular flexibility index (Phi) is 5.19. The highest BCUT2D eigenvalue weighted by molar-refractivity contribution is 9.10. The Morgan fingerprint density at radius 3 is 2.80 bits per heavy atom. The molecule has 0 saturated carbocycles. The van der Waals surface area contributed by atoms with E-state index in [4.69, 9.17) is 0 Å². The summed E-state index contributed by atoms with van der Waals surface area (Å²) in [4.78, 5) is 27.7. The topological polar surface area (TPSA) is 70.6 Å². The van der Waals surface area contributed by atoms with Crippen LogP contribution in [0.2, 0.25) is 0 Å². The van der Waals surface area contributed by atoms with Crippen LogP contribution >= 0.6 is 27.7 Å². The first-order valence-electron chi connectivity index (χ1n) is 6.16. The van der Waals surface area contributed by atoms with Crippen LogP contribution in [0.25, 0.3) is 0 Å². The number of amidine groups is 1. The van der Waals surface area contributed by atoms with Crippen LogP contribution in [-0.2, 0) is 9.59 Å². The molecule has 2 rings (SSSR count). The van der Waals surface area contributed by atoms with Gasteiger partial charge in [0.1, 0.15) is 5.25 Å². The Morgan fingerprint density at radius 1 is 1.45 bits per heavy atom. The number of anilines is 1. The van der Waals surface area contributed by atoms with Crippen LogP contribution in [0.3, 0.4) is 0 Å². The lowest BCUT2D eigenvalue weighted by molar-refractivity contribution is -0.122. The number of benzene rings is 1. The minimum absolute atomic E-state index is 0.134. The van der Waals surface area contributed by atoms with Gasteiger partial charge >= 0.3 is 0 Å². The number of hydrogen-bond acceptors (Lipinski definition) is 4. The van der Waals surface area contributed by atoms with Crippen LogP contribution in [0, 0.1) is 0 Å². The molecule has 1 aliphatic rings. The van der Waals surface area contributed by atoms with E-state index in [0.717, 1.165) is 4.47 Å². The predicted molar refractivity (Wildman–Crippen MR) is 84.9 cm³/mol. The summed E-state index contributed by atoms with van der Waals surface area (Å²) in [6.07, 6.45) is 0.134. The molecule has 2 amide bonds. The number of nitrogens with one attached hydrogen (secondary N) is 2. The van der Waals surface area contributed by atoms with Gasteiger partial charge in [0.05, 0.1) is 0 Å². The fourth-order valence-corrected chi connectivity index (χ4v) is 2.97. The number of amides is 2. The summed E-state index contributed by atoms with van der Waals surface area (Å²) in [5, 5.41) is 5.63. The van der Waals surface area contributed by atoms with E-state index < -0.39 is 5.25 Å². The molecular formula is C13H14BrN3O2S. The molecule has 1 aliphatic heterocycles. The average molecular weight is 356 g/mol. The molecule has 1 fully saturated rings. The van der Waals surface area contributed by atoms with Gasteiger partial charge in [0.2, 0.25) is 11.8 Å². The third kappa shape index (κ3) is 4.08. The summed E-state index contributed by atoms with van der Waals surface area (Å²) < 4.78 is 0.946. The van der Waals surface area contributed by atoms with Gasteiger partial charge in [-0.25, -0.2) is 0 Å². The van der Waals surface area contributed by atoms with Crippen molar-refractivity contribution in [3.05, 3.63) is 28.7 Å². The SMILES string of the molecule is CCN=C1NC(=O)C(CC(=O)Nc2ccc(Br)cc2)S1. The molecule has 106 valence electrons. The molecule has 5 nitrogen and oxygen atoms in total. The Bertz CT molecular complexity index is 545. The second-order valence-electron chi connectivity index (χ2n) is 4.13. The van der Waals surface area contributed by atoms with Crippen molar-refractivity contribution in [1.82, 2.24) is 5.32 Å². The lowest BCUT2D eigenvalue weighted by atomic mass is 10.2. The maximum Gasteiger partial charge on any atom is 0.240 e. The monoisotopic (exact) mass is 355 g/mol. The van der Waals surface area contributed by atoms with E-state index in [1.165, 1.54) is 11.8 Å². The molecule has 1 saturated heterocycles. The van der Waals surface area contributed by atoms with Gasteiger partial charge in [0.15, 0.2) is 5.17 Å². The Hall–Kier alpha value is -1.34. The van der Waals surface area contributed by atoms with Gasteiger partial charge in [-0.2, -0.15) is 0 Å². The van der Waals surface area contributed by atoms with E-state index in [2.05, 4.69) is 31.6 Å². The predicted octanol–water partition coefficient (Wildman–Crippen LogP) is 2.39. The zero-order valence-electron chi connectivity index (χ0n) is 10.9. The summed E-state index contributed by atoms with van der Waals surface area (Å²) in [5.74, 6) is -0.342. The Labute approximate surface area is 129 Å². The van der Waals surface area contributed by atoms with Gasteiger partial charge in [-0.05, 0) is 31.2 Å². The molecule has 1 atom stereocenters. The highest BCUT2D eigenvalue weighted by atomic mass is 79.9. The number of thioether (sulfide) groups is 1. The zero-order valence-corrected chi connectivity index (χ0v) is 13.3. The smallest absolute Gasteiger partial charge is 0.240 e. The molecule has 1 aromatic carbocycles.